The quantitative estimate of drug-likeness (QED) is 0.365. The third-order valence-corrected chi connectivity index (χ3v) is 8.50. The summed E-state index contributed by atoms with van der Waals surface area (Å²) >= 11 is 0. The smallest absolute Gasteiger partial charge is 0.308 e. The molecule has 2 heterocycles. The molecule has 37 heavy (non-hydrogen) atoms. The second-order valence-corrected chi connectivity index (χ2v) is 11.7. The van der Waals surface area contributed by atoms with E-state index in [4.69, 9.17) is 9.72 Å². The average Bonchev–Trinajstić information content (AvgIpc) is 3.64. The highest BCUT2D eigenvalue weighted by molar-refractivity contribution is 6.11. The second-order valence-electron chi connectivity index (χ2n) is 11.7. The van der Waals surface area contributed by atoms with Crippen molar-refractivity contribution in [1.29, 1.82) is 0 Å². The lowest BCUT2D eigenvalue weighted by Gasteiger charge is -2.40. The average molecular weight is 499 g/mol. The number of amides is 1. The molecule has 0 unspecified atom stereocenters. The minimum Gasteiger partial charge on any atom is -0.472 e. The van der Waals surface area contributed by atoms with E-state index in [0.29, 0.717) is 29.1 Å². The van der Waals surface area contributed by atoms with Crippen LogP contribution in [0.1, 0.15) is 82.4 Å². The molecule has 0 saturated heterocycles. The van der Waals surface area contributed by atoms with Gasteiger partial charge in [0, 0.05) is 7.05 Å². The van der Waals surface area contributed by atoms with Gasteiger partial charge in [-0.15, -0.1) is 5.10 Å². The Labute approximate surface area is 220 Å². The van der Waals surface area contributed by atoms with E-state index in [9.17, 15) is 4.79 Å². The van der Waals surface area contributed by atoms with Crippen LogP contribution in [0.3, 0.4) is 0 Å². The van der Waals surface area contributed by atoms with Crippen LogP contribution >= 0.6 is 0 Å². The zero-order valence-electron chi connectivity index (χ0n) is 23.2. The number of anilines is 2. The van der Waals surface area contributed by atoms with Crippen LogP contribution in [-0.2, 0) is 11.8 Å². The minimum absolute atomic E-state index is 0.0969. The fraction of sp³-hybridized carbons (Fsp3) is 0.516. The van der Waals surface area contributed by atoms with Crippen LogP contribution in [0.2, 0.25) is 0 Å². The summed E-state index contributed by atoms with van der Waals surface area (Å²) in [7, 11) is 1.91. The number of fused-ring (bicyclic) bond motifs is 1. The predicted octanol–water partition coefficient (Wildman–Crippen LogP) is 6.74. The van der Waals surface area contributed by atoms with Crippen molar-refractivity contribution in [2.75, 3.05) is 4.90 Å². The number of pyridine rings is 1. The number of hydrogen-bond acceptors (Lipinski definition) is 4. The number of benzene rings is 1. The van der Waals surface area contributed by atoms with Crippen LogP contribution in [0.15, 0.2) is 24.3 Å². The van der Waals surface area contributed by atoms with Gasteiger partial charge < -0.3 is 4.74 Å². The highest BCUT2D eigenvalue weighted by Gasteiger charge is 2.36. The number of ether oxygens (including phenoxy) is 1. The highest BCUT2D eigenvalue weighted by Crippen LogP contribution is 2.47. The van der Waals surface area contributed by atoms with Crippen molar-refractivity contribution < 1.29 is 9.53 Å². The summed E-state index contributed by atoms with van der Waals surface area (Å²) in [4.78, 5) is 20.1. The SMILES string of the molecule is CC#CC(=O)N(c1ccc2c(n1)c(O[C@H]1CC[C@@H](C)C(C)(C)C1)nn2C)c1cc(C)c(C)cc1C1CC1. The van der Waals surface area contributed by atoms with Gasteiger partial charge in [0.2, 0.25) is 0 Å². The number of rotatable bonds is 5. The van der Waals surface area contributed by atoms with Crippen LogP contribution in [0, 0.1) is 37.0 Å². The second kappa shape index (κ2) is 9.52. The Morgan fingerprint density at radius 2 is 1.86 bits per heavy atom. The molecule has 0 aliphatic heterocycles. The van der Waals surface area contributed by atoms with E-state index in [1.54, 1.807) is 11.8 Å². The Bertz CT molecular complexity index is 1420. The van der Waals surface area contributed by atoms with E-state index in [0.717, 1.165) is 48.9 Å². The first-order valence-electron chi connectivity index (χ1n) is 13.5. The molecule has 6 nitrogen and oxygen atoms in total. The molecule has 2 aliphatic rings. The summed E-state index contributed by atoms with van der Waals surface area (Å²) in [6.45, 7) is 12.9. The maximum atomic E-state index is 13.4. The maximum Gasteiger partial charge on any atom is 0.308 e. The number of carbonyl (C=O) groups excluding carboxylic acids is 1. The van der Waals surface area contributed by atoms with E-state index in [1.165, 1.54) is 11.1 Å². The number of aryl methyl sites for hydroxylation is 3. The molecule has 0 spiro atoms. The van der Waals surface area contributed by atoms with Crippen molar-refractivity contribution >= 4 is 28.4 Å². The van der Waals surface area contributed by atoms with Crippen LogP contribution < -0.4 is 9.64 Å². The molecular weight excluding hydrogens is 460 g/mol. The topological polar surface area (TPSA) is 60.3 Å². The number of hydrogen-bond donors (Lipinski definition) is 0. The van der Waals surface area contributed by atoms with Gasteiger partial charge in [-0.05, 0) is 111 Å². The summed E-state index contributed by atoms with van der Waals surface area (Å²) in [5.41, 5.74) is 6.21. The molecule has 0 radical (unpaired) electrons. The third-order valence-electron chi connectivity index (χ3n) is 8.50. The molecule has 5 rings (SSSR count). The summed E-state index contributed by atoms with van der Waals surface area (Å²) in [5, 5.41) is 4.69. The first kappa shape index (κ1) is 25.3. The van der Waals surface area contributed by atoms with Crippen molar-refractivity contribution in [3.8, 4) is 17.7 Å². The monoisotopic (exact) mass is 498 g/mol. The normalized spacial score (nSPS) is 20.8. The molecule has 2 aliphatic carbocycles. The molecule has 2 atom stereocenters. The molecule has 0 bridgehead atoms. The lowest BCUT2D eigenvalue weighted by atomic mass is 9.69. The van der Waals surface area contributed by atoms with E-state index < -0.39 is 0 Å². The Morgan fingerprint density at radius 1 is 1.14 bits per heavy atom. The van der Waals surface area contributed by atoms with Crippen LogP contribution in [-0.4, -0.2) is 26.8 Å². The lowest BCUT2D eigenvalue weighted by molar-refractivity contribution is -0.112. The van der Waals surface area contributed by atoms with E-state index in [-0.39, 0.29) is 17.4 Å². The Morgan fingerprint density at radius 3 is 2.54 bits per heavy atom. The van der Waals surface area contributed by atoms with Crippen molar-refractivity contribution in [3.05, 3.63) is 41.0 Å². The maximum absolute atomic E-state index is 13.4. The Kier molecular flexibility index (Phi) is 6.52. The molecule has 2 saturated carbocycles. The minimum atomic E-state index is -0.283. The molecule has 1 amide bonds. The van der Waals surface area contributed by atoms with Gasteiger partial charge in [0.1, 0.15) is 11.9 Å². The summed E-state index contributed by atoms with van der Waals surface area (Å²) < 4.78 is 8.31. The van der Waals surface area contributed by atoms with Crippen LogP contribution in [0.5, 0.6) is 5.88 Å². The zero-order chi connectivity index (χ0) is 26.5. The number of carbonyl (C=O) groups is 1. The number of aromatic nitrogens is 3. The molecule has 3 aromatic rings. The van der Waals surface area contributed by atoms with Gasteiger partial charge in [0.15, 0.2) is 5.52 Å². The van der Waals surface area contributed by atoms with Gasteiger partial charge in [-0.2, -0.15) is 0 Å². The molecule has 0 N–H and O–H groups in total. The number of nitrogens with zero attached hydrogens (tertiary/aromatic N) is 4. The largest absolute Gasteiger partial charge is 0.472 e. The van der Waals surface area contributed by atoms with E-state index >= 15 is 0 Å². The molecule has 2 fully saturated rings. The van der Waals surface area contributed by atoms with E-state index in [2.05, 4.69) is 63.7 Å². The zero-order valence-corrected chi connectivity index (χ0v) is 23.2. The summed E-state index contributed by atoms with van der Waals surface area (Å²) in [5.74, 6) is 7.47. The Hall–Kier alpha value is -3.33. The van der Waals surface area contributed by atoms with Crippen molar-refractivity contribution in [2.24, 2.45) is 18.4 Å². The lowest BCUT2D eigenvalue weighted by Crippen LogP contribution is -2.36. The standard InChI is InChI=1S/C31H38N4O2/c1-8-9-28(36)35(26-17-20(3)19(2)16-24(26)22-11-12-22)27-15-14-25-29(32-27)30(33-34(25)7)37-23-13-10-21(4)31(5,6)18-23/h14-17,21-23H,10-13,18H2,1-7H3/t21-,23+/m1/s1. The van der Waals surface area contributed by atoms with Gasteiger partial charge >= 0.3 is 5.91 Å². The van der Waals surface area contributed by atoms with Gasteiger partial charge in [-0.3, -0.25) is 14.4 Å². The predicted molar refractivity (Wildman–Crippen MR) is 148 cm³/mol. The Balaban J connectivity index is 1.59. The van der Waals surface area contributed by atoms with Gasteiger partial charge in [0.05, 0.1) is 11.2 Å². The highest BCUT2D eigenvalue weighted by atomic mass is 16.5. The first-order valence-corrected chi connectivity index (χ1v) is 13.5. The fourth-order valence-corrected chi connectivity index (χ4v) is 5.51. The molecule has 2 aromatic heterocycles. The van der Waals surface area contributed by atoms with Gasteiger partial charge in [-0.1, -0.05) is 32.8 Å². The van der Waals surface area contributed by atoms with Crippen molar-refractivity contribution in [1.82, 2.24) is 14.8 Å². The third kappa shape index (κ3) is 4.84. The van der Waals surface area contributed by atoms with Crippen LogP contribution in [0.25, 0.3) is 11.0 Å². The fourth-order valence-electron chi connectivity index (χ4n) is 5.51. The first-order chi connectivity index (χ1) is 17.6. The summed E-state index contributed by atoms with van der Waals surface area (Å²) in [6, 6.07) is 8.20. The van der Waals surface area contributed by atoms with Crippen molar-refractivity contribution in [3.63, 3.8) is 0 Å². The molecular formula is C31H38N4O2. The molecule has 1 aromatic carbocycles. The van der Waals surface area contributed by atoms with Gasteiger partial charge in [-0.25, -0.2) is 4.98 Å². The molecule has 6 heteroatoms. The van der Waals surface area contributed by atoms with Crippen LogP contribution in [0.4, 0.5) is 11.5 Å². The molecule has 194 valence electrons. The summed E-state index contributed by atoms with van der Waals surface area (Å²) in [6.07, 6.45) is 5.50. The van der Waals surface area contributed by atoms with Crippen molar-refractivity contribution in [2.45, 2.75) is 85.7 Å². The van der Waals surface area contributed by atoms with E-state index in [1.807, 2.05) is 23.9 Å². The van der Waals surface area contributed by atoms with Gasteiger partial charge in [0.25, 0.3) is 5.88 Å².